The Kier molecular flexibility index (Phi) is 7.16. The second-order valence-electron chi connectivity index (χ2n) is 7.75. The number of hydrogen-bond acceptors (Lipinski definition) is 4. The van der Waals surface area contributed by atoms with Crippen molar-refractivity contribution in [3.05, 3.63) is 23.8 Å². The lowest BCUT2D eigenvalue weighted by molar-refractivity contribution is -0.113. The van der Waals surface area contributed by atoms with Crippen molar-refractivity contribution in [1.29, 1.82) is 0 Å². The van der Waals surface area contributed by atoms with E-state index in [2.05, 4.69) is 26.1 Å². The number of carbonyl (C=O) groups is 1. The van der Waals surface area contributed by atoms with Crippen LogP contribution in [-0.4, -0.2) is 42.2 Å². The third-order valence-corrected chi connectivity index (χ3v) is 7.60. The fourth-order valence-corrected chi connectivity index (χ4v) is 5.26. The first-order valence-electron chi connectivity index (χ1n) is 9.14. The Bertz CT molecular complexity index is 732. The summed E-state index contributed by atoms with van der Waals surface area (Å²) in [7, 11) is -3.53. The molecular weight excluding hydrogens is 368 g/mol. The minimum absolute atomic E-state index is 0.00584. The number of sulfonamides is 1. The van der Waals surface area contributed by atoms with Crippen LogP contribution in [0.2, 0.25) is 0 Å². The van der Waals surface area contributed by atoms with Crippen molar-refractivity contribution in [1.82, 2.24) is 4.31 Å². The molecule has 7 heteroatoms. The van der Waals surface area contributed by atoms with Crippen molar-refractivity contribution in [3.8, 4) is 0 Å². The average Bonchev–Trinajstić information content (AvgIpc) is 2.84. The number of carbonyl (C=O) groups excluding carboxylic acids is 1. The molecule has 1 N–H and O–H groups in total. The minimum Gasteiger partial charge on any atom is -0.325 e. The molecule has 0 saturated carbocycles. The van der Waals surface area contributed by atoms with Gasteiger partial charge in [-0.3, -0.25) is 4.79 Å². The summed E-state index contributed by atoms with van der Waals surface area (Å²) < 4.78 is 27.7. The molecule has 2 rings (SSSR count). The summed E-state index contributed by atoms with van der Waals surface area (Å²) in [6.45, 7) is 9.11. The molecule has 1 amide bonds. The van der Waals surface area contributed by atoms with Crippen LogP contribution < -0.4 is 5.32 Å². The minimum atomic E-state index is -3.53. The zero-order chi connectivity index (χ0) is 19.4. The lowest BCUT2D eigenvalue weighted by Crippen LogP contribution is -2.32. The maximum Gasteiger partial charge on any atom is 0.243 e. The molecule has 1 fully saturated rings. The highest BCUT2D eigenvalue weighted by Crippen LogP contribution is 2.27. The van der Waals surface area contributed by atoms with Crippen molar-refractivity contribution in [2.75, 3.05) is 24.2 Å². The van der Waals surface area contributed by atoms with Crippen LogP contribution in [0.15, 0.2) is 23.1 Å². The van der Waals surface area contributed by atoms with Crippen LogP contribution in [0.4, 0.5) is 5.69 Å². The highest BCUT2D eigenvalue weighted by Gasteiger charge is 2.27. The maximum atomic E-state index is 13.1. The molecule has 1 aliphatic heterocycles. The number of nitrogens with one attached hydrogen (secondary N) is 1. The molecule has 1 saturated heterocycles. The van der Waals surface area contributed by atoms with Gasteiger partial charge in [0.05, 0.1) is 10.6 Å². The van der Waals surface area contributed by atoms with E-state index in [0.717, 1.165) is 25.7 Å². The molecule has 146 valence electrons. The van der Waals surface area contributed by atoms with E-state index in [4.69, 9.17) is 0 Å². The lowest BCUT2D eigenvalue weighted by Gasteiger charge is -2.21. The molecular formula is C19H30N2O3S2. The molecule has 1 aliphatic rings. The van der Waals surface area contributed by atoms with Gasteiger partial charge < -0.3 is 5.32 Å². The number of thioether (sulfide) groups is 1. The van der Waals surface area contributed by atoms with E-state index in [-0.39, 0.29) is 10.7 Å². The van der Waals surface area contributed by atoms with Crippen molar-refractivity contribution in [2.45, 2.75) is 63.0 Å². The van der Waals surface area contributed by atoms with E-state index in [1.165, 1.54) is 0 Å². The Hall–Kier alpha value is -1.05. The second kappa shape index (κ2) is 8.76. The average molecular weight is 399 g/mol. The van der Waals surface area contributed by atoms with E-state index < -0.39 is 10.0 Å². The maximum absolute atomic E-state index is 13.1. The van der Waals surface area contributed by atoms with Gasteiger partial charge in [0.1, 0.15) is 0 Å². The first-order valence-corrected chi connectivity index (χ1v) is 11.6. The van der Waals surface area contributed by atoms with Crippen LogP contribution in [0.3, 0.4) is 0 Å². The molecule has 5 nitrogen and oxygen atoms in total. The number of anilines is 1. The first kappa shape index (κ1) is 21.3. The van der Waals surface area contributed by atoms with E-state index in [1.54, 1.807) is 41.2 Å². The van der Waals surface area contributed by atoms with Crippen LogP contribution in [0, 0.1) is 6.92 Å². The van der Waals surface area contributed by atoms with Gasteiger partial charge in [-0.25, -0.2) is 8.42 Å². The van der Waals surface area contributed by atoms with E-state index in [9.17, 15) is 13.2 Å². The predicted molar refractivity (Wildman–Crippen MR) is 109 cm³/mol. The van der Waals surface area contributed by atoms with Gasteiger partial charge in [0.15, 0.2) is 0 Å². The summed E-state index contributed by atoms with van der Waals surface area (Å²) in [5.41, 5.74) is 1.24. The third kappa shape index (κ3) is 5.99. The number of amides is 1. The van der Waals surface area contributed by atoms with Gasteiger partial charge >= 0.3 is 0 Å². The summed E-state index contributed by atoms with van der Waals surface area (Å²) in [6, 6.07) is 5.11. The van der Waals surface area contributed by atoms with Gasteiger partial charge in [0, 0.05) is 23.5 Å². The molecule has 1 aromatic rings. The van der Waals surface area contributed by atoms with Crippen LogP contribution in [0.1, 0.15) is 52.0 Å². The van der Waals surface area contributed by atoms with E-state index in [0.29, 0.717) is 35.0 Å². The van der Waals surface area contributed by atoms with Crippen LogP contribution in [0.25, 0.3) is 0 Å². The Labute approximate surface area is 162 Å². The molecule has 0 atom stereocenters. The monoisotopic (exact) mass is 398 g/mol. The Morgan fingerprint density at radius 3 is 2.35 bits per heavy atom. The topological polar surface area (TPSA) is 66.5 Å². The van der Waals surface area contributed by atoms with Crippen LogP contribution in [-0.2, 0) is 14.8 Å². The molecule has 1 aromatic carbocycles. The third-order valence-electron chi connectivity index (χ3n) is 4.29. The van der Waals surface area contributed by atoms with Crippen LogP contribution in [0.5, 0.6) is 0 Å². The Balaban J connectivity index is 2.17. The number of rotatable bonds is 5. The number of hydrogen-bond donors (Lipinski definition) is 1. The molecule has 0 bridgehead atoms. The summed E-state index contributed by atoms with van der Waals surface area (Å²) in [5.74, 6) is 0.220. The van der Waals surface area contributed by atoms with Crippen molar-refractivity contribution in [2.24, 2.45) is 0 Å². The molecule has 0 unspecified atom stereocenters. The molecule has 0 aromatic heterocycles. The molecule has 0 aliphatic carbocycles. The molecule has 26 heavy (non-hydrogen) atoms. The highest BCUT2D eigenvalue weighted by atomic mass is 32.2. The molecule has 0 radical (unpaired) electrons. The molecule has 0 spiro atoms. The van der Waals surface area contributed by atoms with E-state index >= 15 is 0 Å². The first-order chi connectivity index (χ1) is 12.1. The largest absolute Gasteiger partial charge is 0.325 e. The summed E-state index contributed by atoms with van der Waals surface area (Å²) in [4.78, 5) is 12.5. The molecule has 1 heterocycles. The Morgan fingerprint density at radius 2 is 1.77 bits per heavy atom. The fourth-order valence-electron chi connectivity index (χ4n) is 2.86. The van der Waals surface area contributed by atoms with Gasteiger partial charge in [-0.15, -0.1) is 11.8 Å². The normalized spacial score (nSPS) is 16.9. The van der Waals surface area contributed by atoms with Crippen molar-refractivity contribution in [3.63, 3.8) is 0 Å². The highest BCUT2D eigenvalue weighted by molar-refractivity contribution is 8.01. The fraction of sp³-hybridized carbons (Fsp3) is 0.632. The quantitative estimate of drug-likeness (QED) is 0.813. The van der Waals surface area contributed by atoms with Gasteiger partial charge in [-0.05, 0) is 37.5 Å². The Morgan fingerprint density at radius 1 is 1.15 bits per heavy atom. The zero-order valence-corrected chi connectivity index (χ0v) is 17.8. The van der Waals surface area contributed by atoms with Crippen molar-refractivity contribution < 1.29 is 13.2 Å². The standard InChI is InChI=1S/C19H30N2O3S2/c1-15-9-10-16(20-18(22)14-25-19(2,3)4)13-17(15)26(23,24)21-11-7-5-6-8-12-21/h9-10,13H,5-8,11-12,14H2,1-4H3,(H,20,22). The summed E-state index contributed by atoms with van der Waals surface area (Å²) in [5, 5.41) is 2.83. The lowest BCUT2D eigenvalue weighted by atomic mass is 10.2. The van der Waals surface area contributed by atoms with E-state index in [1.807, 2.05) is 0 Å². The number of aryl methyl sites for hydroxylation is 1. The summed E-state index contributed by atoms with van der Waals surface area (Å²) in [6.07, 6.45) is 3.95. The van der Waals surface area contributed by atoms with Crippen LogP contribution >= 0.6 is 11.8 Å². The van der Waals surface area contributed by atoms with Gasteiger partial charge in [-0.2, -0.15) is 4.31 Å². The number of nitrogens with zero attached hydrogens (tertiary/aromatic N) is 1. The van der Waals surface area contributed by atoms with Gasteiger partial charge in [0.2, 0.25) is 15.9 Å². The number of benzene rings is 1. The van der Waals surface area contributed by atoms with Gasteiger partial charge in [-0.1, -0.05) is 39.7 Å². The zero-order valence-electron chi connectivity index (χ0n) is 16.2. The van der Waals surface area contributed by atoms with Crippen molar-refractivity contribution >= 4 is 33.4 Å². The predicted octanol–water partition coefficient (Wildman–Crippen LogP) is 4.03. The van der Waals surface area contributed by atoms with Gasteiger partial charge in [0.25, 0.3) is 0 Å². The smallest absolute Gasteiger partial charge is 0.243 e. The SMILES string of the molecule is Cc1ccc(NC(=O)CSC(C)(C)C)cc1S(=O)(=O)N1CCCCCC1. The summed E-state index contributed by atoms with van der Waals surface area (Å²) >= 11 is 1.56. The second-order valence-corrected chi connectivity index (χ2v) is 11.5.